The van der Waals surface area contributed by atoms with Crippen LogP contribution in [0.2, 0.25) is 5.02 Å². The maximum Gasteiger partial charge on any atom is 0.132 e. The van der Waals surface area contributed by atoms with Gasteiger partial charge in [0.25, 0.3) is 0 Å². The predicted molar refractivity (Wildman–Crippen MR) is 75.3 cm³/mol. The Morgan fingerprint density at radius 1 is 0.947 bits per heavy atom. The minimum absolute atomic E-state index is 0.388. The number of para-hydroxylation sites is 2. The van der Waals surface area contributed by atoms with Crippen molar-refractivity contribution < 1.29 is 4.74 Å². The summed E-state index contributed by atoms with van der Waals surface area (Å²) in [6.07, 6.45) is 1.73. The van der Waals surface area contributed by atoms with Gasteiger partial charge in [-0.1, -0.05) is 23.7 Å². The first-order valence-electron chi connectivity index (χ1n) is 5.90. The molecule has 3 aromatic rings. The highest BCUT2D eigenvalue weighted by Gasteiger charge is 2.00. The summed E-state index contributed by atoms with van der Waals surface area (Å²) in [5.41, 5.74) is 2.56. The minimum Gasteiger partial charge on any atom is -0.487 e. The molecule has 1 heterocycles. The molecule has 0 aliphatic heterocycles. The maximum atomic E-state index is 5.82. The fraction of sp³-hybridized carbons (Fsp3) is 0.0667. The Balaban J connectivity index is 1.76. The van der Waals surface area contributed by atoms with Crippen molar-refractivity contribution in [1.29, 1.82) is 0 Å². The quantitative estimate of drug-likeness (QED) is 0.725. The third kappa shape index (κ3) is 2.83. The molecule has 4 heteroatoms. The van der Waals surface area contributed by atoms with Crippen molar-refractivity contribution in [1.82, 2.24) is 9.97 Å². The lowest BCUT2D eigenvalue weighted by atomic mass is 10.3. The Morgan fingerprint density at radius 3 is 2.47 bits per heavy atom. The molecule has 0 unspecified atom stereocenters. The highest BCUT2D eigenvalue weighted by molar-refractivity contribution is 6.30. The van der Waals surface area contributed by atoms with Crippen molar-refractivity contribution in [3.63, 3.8) is 0 Å². The average Bonchev–Trinajstić information content (AvgIpc) is 2.46. The van der Waals surface area contributed by atoms with Gasteiger partial charge in [-0.2, -0.15) is 0 Å². The fourth-order valence-electron chi connectivity index (χ4n) is 1.75. The molecule has 0 radical (unpaired) electrons. The number of fused-ring (bicyclic) bond motifs is 1. The van der Waals surface area contributed by atoms with Crippen molar-refractivity contribution in [2.75, 3.05) is 0 Å². The first-order valence-corrected chi connectivity index (χ1v) is 6.28. The molecule has 0 saturated carbocycles. The second-order valence-corrected chi connectivity index (χ2v) is 4.53. The van der Waals surface area contributed by atoms with Crippen LogP contribution in [0.1, 0.15) is 5.69 Å². The Morgan fingerprint density at radius 2 is 1.68 bits per heavy atom. The molecule has 0 saturated heterocycles. The molecule has 2 aromatic carbocycles. The van der Waals surface area contributed by atoms with E-state index >= 15 is 0 Å². The van der Waals surface area contributed by atoms with E-state index in [1.165, 1.54) is 0 Å². The summed E-state index contributed by atoms with van der Waals surface area (Å²) in [6, 6.07) is 15.0. The highest BCUT2D eigenvalue weighted by Crippen LogP contribution is 2.17. The molecule has 0 amide bonds. The summed E-state index contributed by atoms with van der Waals surface area (Å²) in [6.45, 7) is 0.388. The molecule has 3 nitrogen and oxygen atoms in total. The SMILES string of the molecule is Clc1ccc(OCc2cnc3ccccc3n2)cc1. The van der Waals surface area contributed by atoms with Crippen molar-refractivity contribution in [3.8, 4) is 5.75 Å². The summed E-state index contributed by atoms with van der Waals surface area (Å²) in [4.78, 5) is 8.84. The van der Waals surface area contributed by atoms with Crippen LogP contribution in [-0.2, 0) is 6.61 Å². The molecule has 0 spiro atoms. The van der Waals surface area contributed by atoms with Crippen LogP contribution in [0.5, 0.6) is 5.75 Å². The Labute approximate surface area is 115 Å². The van der Waals surface area contributed by atoms with Gasteiger partial charge in [0.05, 0.1) is 22.9 Å². The molecule has 0 bridgehead atoms. The van der Waals surface area contributed by atoms with Crippen LogP contribution < -0.4 is 4.74 Å². The van der Waals surface area contributed by atoms with E-state index in [4.69, 9.17) is 16.3 Å². The monoisotopic (exact) mass is 270 g/mol. The minimum atomic E-state index is 0.388. The lowest BCUT2D eigenvalue weighted by Crippen LogP contribution is -1.99. The van der Waals surface area contributed by atoms with E-state index in [0.29, 0.717) is 11.6 Å². The standard InChI is InChI=1S/C15H11ClN2O/c16-11-5-7-13(8-6-11)19-10-12-9-17-14-3-1-2-4-15(14)18-12/h1-9H,10H2. The van der Waals surface area contributed by atoms with Gasteiger partial charge in [-0.25, -0.2) is 4.98 Å². The largest absolute Gasteiger partial charge is 0.487 e. The van der Waals surface area contributed by atoms with Crippen LogP contribution in [0.25, 0.3) is 11.0 Å². The topological polar surface area (TPSA) is 35.0 Å². The lowest BCUT2D eigenvalue weighted by Gasteiger charge is -2.06. The summed E-state index contributed by atoms with van der Waals surface area (Å²) < 4.78 is 5.63. The number of nitrogens with zero attached hydrogens (tertiary/aromatic N) is 2. The van der Waals surface area contributed by atoms with Crippen molar-refractivity contribution in [2.24, 2.45) is 0 Å². The van der Waals surface area contributed by atoms with Gasteiger partial charge in [0.1, 0.15) is 12.4 Å². The number of ether oxygens (including phenoxy) is 1. The molecule has 0 atom stereocenters. The van der Waals surface area contributed by atoms with E-state index in [1.54, 1.807) is 18.3 Å². The van der Waals surface area contributed by atoms with E-state index in [9.17, 15) is 0 Å². The van der Waals surface area contributed by atoms with Crippen LogP contribution in [0.3, 0.4) is 0 Å². The first kappa shape index (κ1) is 11.9. The van der Waals surface area contributed by atoms with E-state index in [-0.39, 0.29) is 0 Å². The number of aromatic nitrogens is 2. The van der Waals surface area contributed by atoms with E-state index < -0.39 is 0 Å². The lowest BCUT2D eigenvalue weighted by molar-refractivity contribution is 0.301. The van der Waals surface area contributed by atoms with Gasteiger partial charge in [-0.05, 0) is 36.4 Å². The fourth-order valence-corrected chi connectivity index (χ4v) is 1.88. The van der Waals surface area contributed by atoms with Crippen LogP contribution in [0, 0.1) is 0 Å². The van der Waals surface area contributed by atoms with Crippen LogP contribution in [0.15, 0.2) is 54.7 Å². The molecular formula is C15H11ClN2O. The third-order valence-electron chi connectivity index (χ3n) is 2.70. The smallest absolute Gasteiger partial charge is 0.132 e. The maximum absolute atomic E-state index is 5.82. The van der Waals surface area contributed by atoms with Gasteiger partial charge in [-0.3, -0.25) is 4.98 Å². The van der Waals surface area contributed by atoms with Crippen molar-refractivity contribution in [3.05, 3.63) is 65.4 Å². The number of hydrogen-bond acceptors (Lipinski definition) is 3. The summed E-state index contributed by atoms with van der Waals surface area (Å²) >= 11 is 5.82. The summed E-state index contributed by atoms with van der Waals surface area (Å²) in [5, 5.41) is 0.692. The number of rotatable bonds is 3. The zero-order valence-electron chi connectivity index (χ0n) is 10.1. The Kier molecular flexibility index (Phi) is 3.29. The number of halogens is 1. The van der Waals surface area contributed by atoms with Gasteiger partial charge in [0.2, 0.25) is 0 Å². The van der Waals surface area contributed by atoms with Crippen LogP contribution in [-0.4, -0.2) is 9.97 Å². The van der Waals surface area contributed by atoms with Gasteiger partial charge < -0.3 is 4.74 Å². The van der Waals surface area contributed by atoms with Crippen LogP contribution >= 0.6 is 11.6 Å². The Hall–Kier alpha value is -2.13. The third-order valence-corrected chi connectivity index (χ3v) is 2.95. The molecule has 3 rings (SSSR count). The zero-order valence-corrected chi connectivity index (χ0v) is 10.8. The van der Waals surface area contributed by atoms with E-state index in [0.717, 1.165) is 22.5 Å². The summed E-state index contributed by atoms with van der Waals surface area (Å²) in [5.74, 6) is 0.763. The average molecular weight is 271 g/mol. The molecule has 0 N–H and O–H groups in total. The number of benzene rings is 2. The van der Waals surface area contributed by atoms with E-state index in [2.05, 4.69) is 9.97 Å². The normalized spacial score (nSPS) is 10.6. The van der Waals surface area contributed by atoms with E-state index in [1.807, 2.05) is 36.4 Å². The van der Waals surface area contributed by atoms with Gasteiger partial charge in [0, 0.05) is 5.02 Å². The molecule has 0 aliphatic rings. The Bertz CT molecular complexity index is 698. The second-order valence-electron chi connectivity index (χ2n) is 4.09. The predicted octanol–water partition coefficient (Wildman–Crippen LogP) is 3.86. The second kappa shape index (κ2) is 5.24. The summed E-state index contributed by atoms with van der Waals surface area (Å²) in [7, 11) is 0. The van der Waals surface area contributed by atoms with Gasteiger partial charge in [-0.15, -0.1) is 0 Å². The molecular weight excluding hydrogens is 260 g/mol. The molecule has 0 fully saturated rings. The highest BCUT2D eigenvalue weighted by atomic mass is 35.5. The van der Waals surface area contributed by atoms with Gasteiger partial charge >= 0.3 is 0 Å². The molecule has 19 heavy (non-hydrogen) atoms. The molecule has 1 aromatic heterocycles. The molecule has 94 valence electrons. The van der Waals surface area contributed by atoms with Crippen molar-refractivity contribution in [2.45, 2.75) is 6.61 Å². The van der Waals surface area contributed by atoms with Gasteiger partial charge in [0.15, 0.2) is 0 Å². The van der Waals surface area contributed by atoms with Crippen molar-refractivity contribution >= 4 is 22.6 Å². The zero-order chi connectivity index (χ0) is 13.1. The van der Waals surface area contributed by atoms with Crippen LogP contribution in [0.4, 0.5) is 0 Å². The number of hydrogen-bond donors (Lipinski definition) is 0. The molecule has 0 aliphatic carbocycles. The first-order chi connectivity index (χ1) is 9.31.